The van der Waals surface area contributed by atoms with Crippen molar-refractivity contribution < 1.29 is 28.8 Å². The zero-order chi connectivity index (χ0) is 26.6. The van der Waals surface area contributed by atoms with Crippen LogP contribution in [0.5, 0.6) is 17.4 Å². The fourth-order valence-corrected chi connectivity index (χ4v) is 3.97. The Balaban J connectivity index is 1.99. The third kappa shape index (κ3) is 5.70. The molecule has 196 valence electrons. The van der Waals surface area contributed by atoms with Crippen LogP contribution in [0, 0.1) is 6.92 Å². The van der Waals surface area contributed by atoms with Gasteiger partial charge < -0.3 is 19.3 Å². The first kappa shape index (κ1) is 27.2. The minimum absolute atomic E-state index is 0.0575. The van der Waals surface area contributed by atoms with Gasteiger partial charge in [0, 0.05) is 22.8 Å². The summed E-state index contributed by atoms with van der Waals surface area (Å²) in [6.07, 6.45) is 1.79. The molecule has 0 aliphatic rings. The van der Waals surface area contributed by atoms with Crippen molar-refractivity contribution in [1.29, 1.82) is 0 Å². The number of aliphatic hydroxyl groups excluding tert-OH is 1. The highest BCUT2D eigenvalue weighted by Gasteiger charge is 2.27. The van der Waals surface area contributed by atoms with Gasteiger partial charge in [-0.15, -0.1) is 4.68 Å². The molecule has 0 aliphatic carbocycles. The van der Waals surface area contributed by atoms with E-state index in [1.54, 1.807) is 13.2 Å². The van der Waals surface area contributed by atoms with E-state index in [2.05, 4.69) is 24.0 Å². The average molecular weight is 501 g/mol. The molecule has 0 aliphatic heterocycles. The van der Waals surface area contributed by atoms with Crippen molar-refractivity contribution in [2.45, 2.75) is 72.4 Å². The van der Waals surface area contributed by atoms with Crippen LogP contribution in [-0.2, 0) is 12.0 Å². The van der Waals surface area contributed by atoms with Gasteiger partial charge in [-0.3, -0.25) is 10.5 Å². The molecule has 0 atom stereocenters. The Morgan fingerprint density at radius 2 is 1.92 bits per heavy atom. The summed E-state index contributed by atoms with van der Waals surface area (Å²) in [6.45, 7) is 11.9. The minimum atomic E-state index is -0.319. The Kier molecular flexibility index (Phi) is 8.39. The normalized spacial score (nSPS) is 11.8. The molecule has 3 aromatic rings. The van der Waals surface area contributed by atoms with Gasteiger partial charge in [0.15, 0.2) is 23.8 Å². The first-order chi connectivity index (χ1) is 17.0. The van der Waals surface area contributed by atoms with E-state index < -0.39 is 0 Å². The van der Waals surface area contributed by atoms with Crippen LogP contribution in [0.1, 0.15) is 68.9 Å². The molecule has 0 saturated heterocycles. The number of ketones is 1. The molecule has 0 spiro atoms. The van der Waals surface area contributed by atoms with Crippen molar-refractivity contribution >= 4 is 17.4 Å². The zero-order valence-corrected chi connectivity index (χ0v) is 22.3. The van der Waals surface area contributed by atoms with Gasteiger partial charge in [0.25, 0.3) is 5.65 Å². The van der Waals surface area contributed by atoms with Gasteiger partial charge in [-0.2, -0.15) is 0 Å². The summed E-state index contributed by atoms with van der Waals surface area (Å²) < 4.78 is 20.2. The van der Waals surface area contributed by atoms with E-state index in [1.807, 2.05) is 39.8 Å². The number of hydrogen-bond donors (Lipinski definition) is 2. The smallest absolute Gasteiger partial charge is 0.401 e. The second-order valence-electron chi connectivity index (χ2n) is 9.77. The highest BCUT2D eigenvalue weighted by Crippen LogP contribution is 2.39. The Morgan fingerprint density at radius 3 is 2.50 bits per heavy atom. The van der Waals surface area contributed by atoms with Gasteiger partial charge in [-0.1, -0.05) is 49.3 Å². The van der Waals surface area contributed by atoms with E-state index in [0.29, 0.717) is 28.6 Å². The molecule has 0 saturated carbocycles. The first-order valence-electron chi connectivity index (χ1n) is 12.3. The second kappa shape index (κ2) is 11.1. The van der Waals surface area contributed by atoms with Crippen molar-refractivity contribution in [1.82, 2.24) is 14.7 Å². The molecule has 0 bridgehead atoms. The molecule has 0 radical (unpaired) electrons. The van der Waals surface area contributed by atoms with Crippen molar-refractivity contribution in [2.24, 2.45) is 0 Å². The van der Waals surface area contributed by atoms with Crippen LogP contribution in [0.3, 0.4) is 0 Å². The molecule has 3 N–H and O–H groups in total. The van der Waals surface area contributed by atoms with Crippen molar-refractivity contribution in [3.63, 3.8) is 0 Å². The van der Waals surface area contributed by atoms with Crippen LogP contribution in [0.25, 0.3) is 5.65 Å². The van der Waals surface area contributed by atoms with Crippen LogP contribution in [0.4, 0.5) is 5.95 Å². The number of Topliss-reactive ketones (excluding diaryl/α,β-unsaturated/α-hetero) is 1. The maximum absolute atomic E-state index is 13.4. The van der Waals surface area contributed by atoms with E-state index in [-0.39, 0.29) is 43.0 Å². The van der Waals surface area contributed by atoms with Gasteiger partial charge in [-0.25, -0.2) is 0 Å². The van der Waals surface area contributed by atoms with Crippen LogP contribution < -0.4 is 24.6 Å². The summed E-state index contributed by atoms with van der Waals surface area (Å²) in [5.74, 6) is 1.42. The quantitative estimate of drug-likeness (QED) is 0.304. The summed E-state index contributed by atoms with van der Waals surface area (Å²) >= 11 is 0. The second-order valence-corrected chi connectivity index (χ2v) is 9.77. The van der Waals surface area contributed by atoms with Gasteiger partial charge in [0.05, 0.1) is 13.7 Å². The number of carbonyl (C=O) groups is 1. The third-order valence-corrected chi connectivity index (χ3v) is 6.02. The lowest BCUT2D eigenvalue weighted by Crippen LogP contribution is -2.42. The molecule has 1 aromatic carbocycles. The highest BCUT2D eigenvalue weighted by molar-refractivity contribution is 5.96. The molecular weight excluding hydrogens is 462 g/mol. The number of aliphatic hydroxyl groups is 1. The molecule has 36 heavy (non-hydrogen) atoms. The number of aryl methyl sites for hydroxylation is 1. The molecule has 0 unspecified atom stereocenters. The SMILES string of the molecule is CCC(CC)Oc1cc(C)c2n[n+](CC(=O)c3cc(OCCO)c(OC)c(C(C)(C)C)c3)c(N)n2n1. The predicted molar refractivity (Wildman–Crippen MR) is 136 cm³/mol. The average Bonchev–Trinajstić information content (AvgIpc) is 3.15. The fourth-order valence-electron chi connectivity index (χ4n) is 3.97. The van der Waals surface area contributed by atoms with Crippen molar-refractivity contribution in [2.75, 3.05) is 26.1 Å². The van der Waals surface area contributed by atoms with Crippen LogP contribution in [0.15, 0.2) is 18.2 Å². The first-order valence-corrected chi connectivity index (χ1v) is 12.3. The number of ether oxygens (including phenoxy) is 3. The van der Waals surface area contributed by atoms with E-state index in [9.17, 15) is 9.90 Å². The Hall–Kier alpha value is -3.40. The number of hydrogen-bond acceptors (Lipinski definition) is 8. The van der Waals surface area contributed by atoms with E-state index >= 15 is 0 Å². The summed E-state index contributed by atoms with van der Waals surface area (Å²) in [6, 6.07) is 5.27. The van der Waals surface area contributed by atoms with Crippen LogP contribution >= 0.6 is 0 Å². The number of nitrogens with zero attached hydrogens (tertiary/aromatic N) is 4. The zero-order valence-electron chi connectivity index (χ0n) is 22.3. The van der Waals surface area contributed by atoms with Crippen LogP contribution in [0.2, 0.25) is 0 Å². The number of nitrogen functional groups attached to an aromatic ring is 1. The standard InChI is InChI=1S/C26H37N5O5/c1-8-18(9-2)36-22-12-16(3)24-29-30(25(27)31(24)28-22)15-20(33)17-13-19(26(4,5)6)23(34-7)21(14-17)35-11-10-32/h12-14,18,27,32H,8-11,15H2,1-7H3/p+1. The van der Waals surface area contributed by atoms with E-state index in [1.165, 1.54) is 9.20 Å². The topological polar surface area (TPSA) is 125 Å². The van der Waals surface area contributed by atoms with Crippen molar-refractivity contribution in [3.8, 4) is 17.4 Å². The number of methoxy groups -OCH3 is 1. The third-order valence-electron chi connectivity index (χ3n) is 6.02. The number of nitrogens with two attached hydrogens (primary N) is 1. The summed E-state index contributed by atoms with van der Waals surface area (Å²) in [5, 5.41) is 18.3. The molecule has 10 nitrogen and oxygen atoms in total. The van der Waals surface area contributed by atoms with Crippen molar-refractivity contribution in [3.05, 3.63) is 34.9 Å². The van der Waals surface area contributed by atoms with E-state index in [0.717, 1.165) is 24.0 Å². The molecule has 2 heterocycles. The number of aromatic nitrogens is 4. The number of carbonyl (C=O) groups excluding carboxylic acids is 1. The number of rotatable bonds is 11. The fraction of sp³-hybridized carbons (Fsp3) is 0.538. The van der Waals surface area contributed by atoms with Gasteiger partial charge in [0.2, 0.25) is 5.88 Å². The molecule has 0 fully saturated rings. The van der Waals surface area contributed by atoms with Crippen LogP contribution in [-0.4, -0.2) is 52.0 Å². The van der Waals surface area contributed by atoms with E-state index in [4.69, 9.17) is 19.9 Å². The summed E-state index contributed by atoms with van der Waals surface area (Å²) in [7, 11) is 1.56. The molecular formula is C26H38N5O5+. The monoisotopic (exact) mass is 500 g/mol. The number of fused-ring (bicyclic) bond motifs is 1. The Bertz CT molecular complexity index is 1230. The highest BCUT2D eigenvalue weighted by atomic mass is 16.5. The molecule has 2 aromatic heterocycles. The summed E-state index contributed by atoms with van der Waals surface area (Å²) in [5.41, 5.74) is 8.68. The molecule has 0 amide bonds. The largest absolute Gasteiger partial charge is 0.493 e. The Morgan fingerprint density at radius 1 is 1.22 bits per heavy atom. The maximum Gasteiger partial charge on any atom is 0.401 e. The number of anilines is 1. The predicted octanol–water partition coefficient (Wildman–Crippen LogP) is 3.03. The Labute approximate surface area is 212 Å². The van der Waals surface area contributed by atoms with Gasteiger partial charge in [0.1, 0.15) is 12.7 Å². The molecule has 10 heteroatoms. The van der Waals surface area contributed by atoms with Gasteiger partial charge in [-0.05, 0) is 37.3 Å². The lowest BCUT2D eigenvalue weighted by molar-refractivity contribution is -0.723. The number of benzene rings is 1. The van der Waals surface area contributed by atoms with Gasteiger partial charge >= 0.3 is 5.95 Å². The lowest BCUT2D eigenvalue weighted by atomic mass is 9.84. The lowest BCUT2D eigenvalue weighted by Gasteiger charge is -2.24. The minimum Gasteiger partial charge on any atom is -0.493 e. The summed E-state index contributed by atoms with van der Waals surface area (Å²) in [4.78, 5) is 13.4. The maximum atomic E-state index is 13.4. The molecule has 3 rings (SSSR count).